The zero-order chi connectivity index (χ0) is 17.4. The summed E-state index contributed by atoms with van der Waals surface area (Å²) in [5, 5.41) is 17.6. The fraction of sp³-hybridized carbons (Fsp3) is 0.150. The lowest BCUT2D eigenvalue weighted by Crippen LogP contribution is -2.14. The van der Waals surface area contributed by atoms with Gasteiger partial charge in [0.05, 0.1) is 17.7 Å². The maximum atomic E-state index is 9.59. The van der Waals surface area contributed by atoms with Gasteiger partial charge in [-0.3, -0.25) is 5.10 Å². The highest BCUT2D eigenvalue weighted by molar-refractivity contribution is 5.93. The van der Waals surface area contributed by atoms with Gasteiger partial charge in [0.1, 0.15) is 0 Å². The van der Waals surface area contributed by atoms with E-state index in [0.717, 1.165) is 39.0 Å². The van der Waals surface area contributed by atoms with Gasteiger partial charge >= 0.3 is 0 Å². The summed E-state index contributed by atoms with van der Waals surface area (Å²) in [6.45, 7) is 3.87. The molecule has 122 valence electrons. The van der Waals surface area contributed by atoms with E-state index in [2.05, 4.69) is 44.4 Å². The minimum atomic E-state index is -0.583. The average molecular weight is 327 g/mol. The van der Waals surface area contributed by atoms with Gasteiger partial charge in [0.15, 0.2) is 5.65 Å². The molecule has 0 aliphatic rings. The normalized spacial score (nSPS) is 11.6. The molecule has 0 aliphatic heterocycles. The van der Waals surface area contributed by atoms with Crippen molar-refractivity contribution in [1.82, 2.24) is 20.2 Å². The predicted octanol–water partition coefficient (Wildman–Crippen LogP) is 4.42. The van der Waals surface area contributed by atoms with Crippen molar-refractivity contribution in [1.29, 1.82) is 5.26 Å². The number of nitrogens with zero attached hydrogens (tertiary/aromatic N) is 3. The summed E-state index contributed by atoms with van der Waals surface area (Å²) >= 11 is 0. The number of H-pyrrole nitrogens is 2. The SMILES string of the molecule is CC(C)(C#N)c1cc(-c2ccc[nH]2)cc(-c2ccnc3[nH]ncc23)c1. The maximum absolute atomic E-state index is 9.59. The van der Waals surface area contributed by atoms with Crippen molar-refractivity contribution < 1.29 is 0 Å². The molecule has 0 saturated heterocycles. The van der Waals surface area contributed by atoms with Crippen LogP contribution in [-0.4, -0.2) is 20.2 Å². The number of benzene rings is 1. The van der Waals surface area contributed by atoms with E-state index < -0.39 is 5.41 Å². The van der Waals surface area contributed by atoms with Crippen LogP contribution in [0.15, 0.2) is 55.0 Å². The third kappa shape index (κ3) is 2.58. The van der Waals surface area contributed by atoms with E-state index in [4.69, 9.17) is 0 Å². The number of nitrogens with one attached hydrogen (secondary N) is 2. The largest absolute Gasteiger partial charge is 0.361 e. The van der Waals surface area contributed by atoms with E-state index in [1.54, 1.807) is 12.4 Å². The molecule has 4 aromatic rings. The minimum Gasteiger partial charge on any atom is -0.361 e. The van der Waals surface area contributed by atoms with Crippen LogP contribution < -0.4 is 0 Å². The Labute approximate surface area is 145 Å². The van der Waals surface area contributed by atoms with Crippen molar-refractivity contribution >= 4 is 11.0 Å². The molecule has 0 amide bonds. The Morgan fingerprint density at radius 3 is 2.72 bits per heavy atom. The van der Waals surface area contributed by atoms with Gasteiger partial charge in [-0.25, -0.2) is 4.98 Å². The Morgan fingerprint density at radius 2 is 1.96 bits per heavy atom. The molecule has 0 spiro atoms. The Balaban J connectivity index is 1.99. The molecule has 0 atom stereocenters. The fourth-order valence-electron chi connectivity index (χ4n) is 2.98. The summed E-state index contributed by atoms with van der Waals surface area (Å²) in [7, 11) is 0. The maximum Gasteiger partial charge on any atom is 0.155 e. The van der Waals surface area contributed by atoms with E-state index in [9.17, 15) is 5.26 Å². The van der Waals surface area contributed by atoms with Crippen molar-refractivity contribution in [2.75, 3.05) is 0 Å². The highest BCUT2D eigenvalue weighted by Gasteiger charge is 2.22. The second-order valence-electron chi connectivity index (χ2n) is 6.61. The molecule has 0 radical (unpaired) electrons. The first-order valence-electron chi connectivity index (χ1n) is 8.07. The number of rotatable bonds is 3. The molecule has 3 aromatic heterocycles. The van der Waals surface area contributed by atoms with Gasteiger partial charge in [-0.15, -0.1) is 0 Å². The first-order chi connectivity index (χ1) is 12.1. The molecule has 5 heteroatoms. The molecule has 0 unspecified atom stereocenters. The van der Waals surface area contributed by atoms with Crippen LogP contribution in [0.4, 0.5) is 0 Å². The summed E-state index contributed by atoms with van der Waals surface area (Å²) in [5.74, 6) is 0. The summed E-state index contributed by atoms with van der Waals surface area (Å²) in [4.78, 5) is 7.56. The Bertz CT molecular complexity index is 1080. The number of aromatic amines is 2. The first-order valence-corrected chi connectivity index (χ1v) is 8.07. The van der Waals surface area contributed by atoms with Gasteiger partial charge in [0.2, 0.25) is 0 Å². The molecule has 0 aliphatic carbocycles. The summed E-state index contributed by atoms with van der Waals surface area (Å²) in [6, 6.07) is 14.7. The first kappa shape index (κ1) is 15.2. The van der Waals surface area contributed by atoms with E-state index in [-0.39, 0.29) is 0 Å². The van der Waals surface area contributed by atoms with Crippen LogP contribution in [0.5, 0.6) is 0 Å². The Morgan fingerprint density at radius 1 is 1.12 bits per heavy atom. The standard InChI is InChI=1S/C20H17N5/c1-20(2,12-21)15-9-13(8-14(10-15)18-4-3-6-22-18)16-5-7-23-19-17(16)11-24-25-19/h3-11,22H,1-2H3,(H,23,24,25). The minimum absolute atomic E-state index is 0.583. The van der Waals surface area contributed by atoms with Crippen LogP contribution in [0.3, 0.4) is 0 Å². The van der Waals surface area contributed by atoms with E-state index in [1.165, 1.54) is 0 Å². The van der Waals surface area contributed by atoms with Crippen molar-refractivity contribution in [2.45, 2.75) is 19.3 Å². The Kier molecular flexibility index (Phi) is 3.40. The van der Waals surface area contributed by atoms with Gasteiger partial charge in [0.25, 0.3) is 0 Å². The topological polar surface area (TPSA) is 81.1 Å². The van der Waals surface area contributed by atoms with E-state index in [0.29, 0.717) is 0 Å². The highest BCUT2D eigenvalue weighted by Crippen LogP contribution is 2.34. The van der Waals surface area contributed by atoms with Gasteiger partial charge in [-0.1, -0.05) is 0 Å². The van der Waals surface area contributed by atoms with Crippen molar-refractivity contribution in [2.24, 2.45) is 0 Å². The number of aromatic nitrogens is 4. The number of pyridine rings is 1. The summed E-state index contributed by atoms with van der Waals surface area (Å²) < 4.78 is 0. The summed E-state index contributed by atoms with van der Waals surface area (Å²) in [6.07, 6.45) is 5.46. The third-order valence-electron chi connectivity index (χ3n) is 4.51. The molecule has 25 heavy (non-hydrogen) atoms. The van der Waals surface area contributed by atoms with Crippen molar-refractivity contribution in [3.8, 4) is 28.5 Å². The second kappa shape index (κ2) is 5.60. The average Bonchev–Trinajstić information content (AvgIpc) is 3.32. The van der Waals surface area contributed by atoms with Crippen LogP contribution in [0.1, 0.15) is 19.4 Å². The molecule has 2 N–H and O–H groups in total. The fourth-order valence-corrected chi connectivity index (χ4v) is 2.98. The van der Waals surface area contributed by atoms with Gasteiger partial charge in [0, 0.05) is 23.5 Å². The molecule has 0 saturated carbocycles. The quantitative estimate of drug-likeness (QED) is 0.584. The Hall–Kier alpha value is -3.39. The van der Waals surface area contributed by atoms with Crippen LogP contribution in [-0.2, 0) is 5.41 Å². The number of hydrogen-bond donors (Lipinski definition) is 2. The second-order valence-corrected chi connectivity index (χ2v) is 6.61. The van der Waals surface area contributed by atoms with Crippen LogP contribution in [0.25, 0.3) is 33.4 Å². The van der Waals surface area contributed by atoms with Crippen LogP contribution in [0.2, 0.25) is 0 Å². The number of nitriles is 1. The van der Waals surface area contributed by atoms with Gasteiger partial charge < -0.3 is 4.98 Å². The van der Waals surface area contributed by atoms with E-state index in [1.807, 2.05) is 38.2 Å². The third-order valence-corrected chi connectivity index (χ3v) is 4.51. The molecular weight excluding hydrogens is 310 g/mol. The molecule has 1 aromatic carbocycles. The highest BCUT2D eigenvalue weighted by atomic mass is 15.1. The molecule has 5 nitrogen and oxygen atoms in total. The van der Waals surface area contributed by atoms with Crippen molar-refractivity contribution in [3.63, 3.8) is 0 Å². The van der Waals surface area contributed by atoms with Crippen LogP contribution >= 0.6 is 0 Å². The molecule has 0 bridgehead atoms. The molecular formula is C20H17N5. The zero-order valence-corrected chi connectivity index (χ0v) is 14.0. The predicted molar refractivity (Wildman–Crippen MR) is 97.8 cm³/mol. The number of hydrogen-bond acceptors (Lipinski definition) is 3. The smallest absolute Gasteiger partial charge is 0.155 e. The van der Waals surface area contributed by atoms with Crippen LogP contribution in [0, 0.1) is 11.3 Å². The molecule has 3 heterocycles. The molecule has 4 rings (SSSR count). The number of fused-ring (bicyclic) bond motifs is 1. The van der Waals surface area contributed by atoms with Gasteiger partial charge in [-0.2, -0.15) is 10.4 Å². The zero-order valence-electron chi connectivity index (χ0n) is 14.0. The molecule has 0 fully saturated rings. The van der Waals surface area contributed by atoms with Crippen molar-refractivity contribution in [3.05, 3.63) is 60.6 Å². The monoisotopic (exact) mass is 327 g/mol. The lowest BCUT2D eigenvalue weighted by atomic mass is 9.83. The lowest BCUT2D eigenvalue weighted by Gasteiger charge is -2.19. The van der Waals surface area contributed by atoms with E-state index >= 15 is 0 Å². The van der Waals surface area contributed by atoms with Gasteiger partial charge in [-0.05, 0) is 72.5 Å². The lowest BCUT2D eigenvalue weighted by molar-refractivity contribution is 0.687. The summed E-state index contributed by atoms with van der Waals surface area (Å²) in [5.41, 5.74) is 5.30.